The summed E-state index contributed by atoms with van der Waals surface area (Å²) in [6, 6.07) is 4.19. The van der Waals surface area contributed by atoms with Crippen LogP contribution in [0.15, 0.2) is 26.9 Å². The number of halogens is 2. The lowest BCUT2D eigenvalue weighted by Gasteiger charge is -2.04. The maximum Gasteiger partial charge on any atom is 0.0488 e. The van der Waals surface area contributed by atoms with E-state index in [1.165, 1.54) is 15.6 Å². The van der Waals surface area contributed by atoms with Crippen LogP contribution >= 0.6 is 55.8 Å². The lowest BCUT2D eigenvalue weighted by Crippen LogP contribution is -1.82. The highest BCUT2D eigenvalue weighted by Crippen LogP contribution is 2.36. The molecule has 0 saturated carbocycles. The van der Waals surface area contributed by atoms with Gasteiger partial charge in [-0.1, -0.05) is 15.9 Å². The second-order valence-electron chi connectivity index (χ2n) is 2.65. The molecule has 13 heavy (non-hydrogen) atoms. The van der Waals surface area contributed by atoms with E-state index in [2.05, 4.69) is 62.0 Å². The van der Waals surface area contributed by atoms with Gasteiger partial charge in [-0.05, 0) is 44.4 Å². The van der Waals surface area contributed by atoms with Gasteiger partial charge in [-0.2, -0.15) is 0 Å². The van der Waals surface area contributed by atoms with Crippen molar-refractivity contribution in [1.29, 1.82) is 0 Å². The minimum absolute atomic E-state index is 0.854. The third-order valence-corrected chi connectivity index (χ3v) is 4.71. The molecule has 0 atom stereocenters. The predicted molar refractivity (Wildman–Crippen MR) is 69.4 cm³/mol. The summed E-state index contributed by atoms with van der Waals surface area (Å²) < 4.78 is 2.43. The van der Waals surface area contributed by atoms with E-state index < -0.39 is 0 Å². The van der Waals surface area contributed by atoms with Gasteiger partial charge in [-0.25, -0.2) is 0 Å². The highest BCUT2D eigenvalue weighted by atomic mass is 79.9. The van der Waals surface area contributed by atoms with Crippen LogP contribution in [0, 0.1) is 0 Å². The van der Waals surface area contributed by atoms with E-state index in [0.717, 1.165) is 14.7 Å². The molecule has 0 aliphatic carbocycles. The second kappa shape index (κ2) is 3.93. The summed E-state index contributed by atoms with van der Waals surface area (Å²) in [4.78, 5) is 1.04. The van der Waals surface area contributed by atoms with Crippen molar-refractivity contribution in [3.8, 4) is 0 Å². The molecule has 1 aromatic heterocycles. The van der Waals surface area contributed by atoms with Crippen molar-refractivity contribution in [3.05, 3.63) is 27.5 Å². The molecule has 0 aliphatic heterocycles. The Balaban J connectivity index is 2.88. The molecule has 0 nitrogen and oxygen atoms in total. The average molecular weight is 338 g/mol. The number of thiophene rings is 1. The molecule has 0 amide bonds. The van der Waals surface area contributed by atoms with Gasteiger partial charge < -0.3 is 0 Å². The Morgan fingerprint density at radius 3 is 2.92 bits per heavy atom. The van der Waals surface area contributed by atoms with Crippen LogP contribution in [0.4, 0.5) is 0 Å². The van der Waals surface area contributed by atoms with Crippen LogP contribution in [0.5, 0.6) is 0 Å². The van der Waals surface area contributed by atoms with Crippen molar-refractivity contribution in [1.82, 2.24) is 0 Å². The van der Waals surface area contributed by atoms with Gasteiger partial charge in [0, 0.05) is 19.4 Å². The molecule has 0 bridgehead atoms. The molecule has 0 fully saturated rings. The van der Waals surface area contributed by atoms with E-state index in [1.54, 1.807) is 11.3 Å². The quantitative estimate of drug-likeness (QED) is 0.558. The highest BCUT2D eigenvalue weighted by molar-refractivity contribution is 9.10. The topological polar surface area (TPSA) is 0 Å². The molecule has 68 valence electrons. The SMILES string of the molecule is Sc1cc(Br)c2sccc2c1CBr. The fourth-order valence-corrected chi connectivity index (χ4v) is 4.16. The van der Waals surface area contributed by atoms with Crippen LogP contribution in [0.3, 0.4) is 0 Å². The molecule has 0 N–H and O–H groups in total. The van der Waals surface area contributed by atoms with E-state index in [1.807, 2.05) is 0 Å². The molecular weight excluding hydrogens is 332 g/mol. The number of alkyl halides is 1. The van der Waals surface area contributed by atoms with Gasteiger partial charge in [0.2, 0.25) is 0 Å². The Bertz CT molecular complexity index is 448. The first-order chi connectivity index (χ1) is 6.24. The zero-order valence-electron chi connectivity index (χ0n) is 6.55. The smallest absolute Gasteiger partial charge is 0.0488 e. The van der Waals surface area contributed by atoms with Gasteiger partial charge in [0.05, 0.1) is 0 Å². The van der Waals surface area contributed by atoms with Crippen LogP contribution in [-0.2, 0) is 5.33 Å². The number of rotatable bonds is 1. The van der Waals surface area contributed by atoms with Crippen LogP contribution < -0.4 is 0 Å². The molecular formula is C9H6Br2S2. The van der Waals surface area contributed by atoms with Gasteiger partial charge in [-0.3, -0.25) is 0 Å². The maximum atomic E-state index is 4.44. The number of benzene rings is 1. The number of hydrogen-bond donors (Lipinski definition) is 1. The third-order valence-electron chi connectivity index (χ3n) is 1.91. The Hall–Kier alpha value is 0.490. The molecule has 2 rings (SSSR count). The Morgan fingerprint density at radius 1 is 1.46 bits per heavy atom. The fourth-order valence-electron chi connectivity index (χ4n) is 1.28. The first-order valence-corrected chi connectivity index (χ1v) is 6.91. The summed E-state index contributed by atoms with van der Waals surface area (Å²) in [5.74, 6) is 0. The summed E-state index contributed by atoms with van der Waals surface area (Å²) in [5.41, 5.74) is 1.27. The number of hydrogen-bond acceptors (Lipinski definition) is 2. The molecule has 0 aliphatic rings. The summed E-state index contributed by atoms with van der Waals surface area (Å²) in [5, 5.41) is 4.25. The van der Waals surface area contributed by atoms with Gasteiger partial charge in [-0.15, -0.1) is 24.0 Å². The Labute approximate surface area is 103 Å². The number of fused-ring (bicyclic) bond motifs is 1. The largest absolute Gasteiger partial charge is 0.143 e. The lowest BCUT2D eigenvalue weighted by molar-refractivity contribution is 1.33. The number of thiol groups is 1. The molecule has 0 unspecified atom stereocenters. The van der Waals surface area contributed by atoms with Gasteiger partial charge >= 0.3 is 0 Å². The van der Waals surface area contributed by atoms with Gasteiger partial charge in [0.15, 0.2) is 0 Å². The van der Waals surface area contributed by atoms with Crippen LogP contribution in [-0.4, -0.2) is 0 Å². The van der Waals surface area contributed by atoms with Crippen molar-refractivity contribution in [3.63, 3.8) is 0 Å². The lowest BCUT2D eigenvalue weighted by atomic mass is 10.1. The Kier molecular flexibility index (Phi) is 3.03. The van der Waals surface area contributed by atoms with Crippen molar-refractivity contribution < 1.29 is 0 Å². The Morgan fingerprint density at radius 2 is 2.23 bits per heavy atom. The molecule has 0 radical (unpaired) electrons. The molecule has 0 spiro atoms. The van der Waals surface area contributed by atoms with Crippen molar-refractivity contribution in [2.45, 2.75) is 10.2 Å². The van der Waals surface area contributed by atoms with Crippen LogP contribution in [0.1, 0.15) is 5.56 Å². The van der Waals surface area contributed by atoms with Gasteiger partial charge in [0.1, 0.15) is 0 Å². The van der Waals surface area contributed by atoms with Gasteiger partial charge in [0.25, 0.3) is 0 Å². The zero-order valence-corrected chi connectivity index (χ0v) is 11.4. The summed E-state index contributed by atoms with van der Waals surface area (Å²) in [7, 11) is 0. The first kappa shape index (κ1) is 10.0. The predicted octanol–water partition coefficient (Wildman–Crippen LogP) is 4.85. The molecule has 1 heterocycles. The standard InChI is InChI=1S/C9H6Br2S2/c10-4-6-5-1-2-13-9(5)7(11)3-8(6)12/h1-3,12H,4H2. The van der Waals surface area contributed by atoms with E-state index >= 15 is 0 Å². The fraction of sp³-hybridized carbons (Fsp3) is 0.111. The second-order valence-corrected chi connectivity index (χ2v) is 5.47. The van der Waals surface area contributed by atoms with Crippen LogP contribution in [0.2, 0.25) is 0 Å². The summed E-state index contributed by atoms with van der Waals surface area (Å²) >= 11 is 13.2. The molecule has 4 heteroatoms. The zero-order chi connectivity index (χ0) is 9.42. The first-order valence-electron chi connectivity index (χ1n) is 3.67. The normalized spacial score (nSPS) is 11.0. The van der Waals surface area contributed by atoms with Crippen LogP contribution in [0.25, 0.3) is 10.1 Å². The van der Waals surface area contributed by atoms with Crippen molar-refractivity contribution >= 4 is 65.9 Å². The summed E-state index contributed by atoms with van der Waals surface area (Å²) in [6.07, 6.45) is 0. The third kappa shape index (κ3) is 1.69. The minimum Gasteiger partial charge on any atom is -0.143 e. The molecule has 2 aromatic rings. The van der Waals surface area contributed by atoms with Crippen molar-refractivity contribution in [2.75, 3.05) is 0 Å². The van der Waals surface area contributed by atoms with Crippen molar-refractivity contribution in [2.24, 2.45) is 0 Å². The molecule has 1 aromatic carbocycles. The van der Waals surface area contributed by atoms with E-state index in [-0.39, 0.29) is 0 Å². The average Bonchev–Trinajstić information content (AvgIpc) is 2.53. The molecule has 0 saturated heterocycles. The van der Waals surface area contributed by atoms with E-state index in [4.69, 9.17) is 0 Å². The van der Waals surface area contributed by atoms with E-state index in [9.17, 15) is 0 Å². The minimum atomic E-state index is 0.854. The van der Waals surface area contributed by atoms with E-state index in [0.29, 0.717) is 0 Å². The highest BCUT2D eigenvalue weighted by Gasteiger charge is 2.08. The maximum absolute atomic E-state index is 4.44. The monoisotopic (exact) mass is 336 g/mol. The summed E-state index contributed by atoms with van der Waals surface area (Å²) in [6.45, 7) is 0.